The summed E-state index contributed by atoms with van der Waals surface area (Å²) in [6, 6.07) is 44.8. The highest BCUT2D eigenvalue weighted by atomic mass is 32.2. The van der Waals surface area contributed by atoms with Crippen LogP contribution in [0.3, 0.4) is 0 Å². The van der Waals surface area contributed by atoms with Crippen molar-refractivity contribution in [1.82, 2.24) is 9.80 Å². The van der Waals surface area contributed by atoms with Crippen LogP contribution in [0.5, 0.6) is 0 Å². The molecule has 2 atom stereocenters. The number of benzene rings is 4. The Balaban J connectivity index is 0.000000162. The average Bonchev–Trinajstić information content (AvgIpc) is 3.37. The van der Waals surface area contributed by atoms with Crippen molar-refractivity contribution in [3.05, 3.63) is 144 Å². The number of nitrogens with zero attached hydrogens (tertiary/aromatic N) is 2. The fourth-order valence-corrected chi connectivity index (χ4v) is 13.8. The minimum Gasteiger partial charge on any atom is -0.381 e. The van der Waals surface area contributed by atoms with E-state index in [1.165, 1.54) is 54.4 Å². The summed E-state index contributed by atoms with van der Waals surface area (Å²) in [5.74, 6) is 1.95. The van der Waals surface area contributed by atoms with Crippen molar-refractivity contribution in [1.29, 1.82) is 0 Å². The molecule has 0 bridgehead atoms. The van der Waals surface area contributed by atoms with E-state index in [1.54, 1.807) is 0 Å². The smallest absolute Gasteiger partial charge is 0.0842 e. The van der Waals surface area contributed by atoms with E-state index in [0.29, 0.717) is 0 Å². The van der Waals surface area contributed by atoms with Crippen LogP contribution in [0.25, 0.3) is 0 Å². The van der Waals surface area contributed by atoms with Crippen molar-refractivity contribution in [3.8, 4) is 0 Å². The normalized spacial score (nSPS) is 25.7. The van der Waals surface area contributed by atoms with Gasteiger partial charge in [-0.05, 0) is 62.0 Å². The quantitative estimate of drug-likeness (QED) is 0.220. The second-order valence-corrected chi connectivity index (χ2v) is 17.9. The second-order valence-electron chi connectivity index (χ2n) is 15.5. The Bertz CT molecular complexity index is 1470. The molecule has 0 amide bonds. The Labute approximate surface area is 321 Å². The van der Waals surface area contributed by atoms with E-state index in [4.69, 9.17) is 16.2 Å². The SMILES string of the molecule is CN1C[C@@H](N)CSC(c2ccccc2)(c2ccccc2)C12CCCCC2.CN1C[C@@H](N)CSC(c2ccccc2)(c2ccccc2)C12CCOCC2. The zero-order chi connectivity index (χ0) is 36.1. The Morgan fingerprint density at radius 2 is 0.827 bits per heavy atom. The summed E-state index contributed by atoms with van der Waals surface area (Å²) in [5, 5.41) is 0. The molecule has 3 heterocycles. The maximum atomic E-state index is 6.53. The molecule has 4 N–H and O–H groups in total. The molecule has 1 aliphatic carbocycles. The van der Waals surface area contributed by atoms with E-state index in [0.717, 1.165) is 50.7 Å². The van der Waals surface area contributed by atoms with Crippen molar-refractivity contribution < 1.29 is 4.74 Å². The molecule has 4 fully saturated rings. The van der Waals surface area contributed by atoms with Gasteiger partial charge in [-0.1, -0.05) is 141 Å². The molecule has 52 heavy (non-hydrogen) atoms. The third kappa shape index (κ3) is 6.70. The Hall–Kier alpha value is -2.62. The molecule has 5 nitrogen and oxygen atoms in total. The lowest BCUT2D eigenvalue weighted by atomic mass is 9.65. The molecule has 0 radical (unpaired) electrons. The van der Waals surface area contributed by atoms with Gasteiger partial charge < -0.3 is 16.2 Å². The number of likely N-dealkylation sites (N-methyl/N-ethyl adjacent to an activating group) is 2. The predicted molar refractivity (Wildman–Crippen MR) is 222 cm³/mol. The van der Waals surface area contributed by atoms with Gasteiger partial charge in [-0.2, -0.15) is 0 Å². The summed E-state index contributed by atoms with van der Waals surface area (Å²) >= 11 is 4.12. The maximum absolute atomic E-state index is 6.53. The first-order valence-corrected chi connectivity index (χ1v) is 21.4. The summed E-state index contributed by atoms with van der Waals surface area (Å²) < 4.78 is 5.59. The van der Waals surface area contributed by atoms with Gasteiger partial charge in [0.15, 0.2) is 0 Å². The Morgan fingerprint density at radius 1 is 0.500 bits per heavy atom. The van der Waals surface area contributed by atoms with E-state index >= 15 is 0 Å². The first kappa shape index (κ1) is 37.7. The van der Waals surface area contributed by atoms with Crippen LogP contribution in [-0.4, -0.2) is 84.9 Å². The minimum atomic E-state index is -0.151. The molecule has 4 aromatic rings. The molecule has 4 aromatic carbocycles. The monoisotopic (exact) mass is 734 g/mol. The predicted octanol–water partition coefficient (Wildman–Crippen LogP) is 8.12. The van der Waals surface area contributed by atoms with Crippen LogP contribution in [0.2, 0.25) is 0 Å². The largest absolute Gasteiger partial charge is 0.381 e. The van der Waals surface area contributed by atoms with Gasteiger partial charge in [0.25, 0.3) is 0 Å². The highest BCUT2D eigenvalue weighted by Gasteiger charge is 2.59. The number of thioether (sulfide) groups is 2. The van der Waals surface area contributed by atoms with Crippen LogP contribution in [0, 0.1) is 0 Å². The molecule has 3 saturated heterocycles. The van der Waals surface area contributed by atoms with Gasteiger partial charge in [0.05, 0.1) is 9.49 Å². The van der Waals surface area contributed by atoms with E-state index in [-0.39, 0.29) is 32.7 Å². The average molecular weight is 735 g/mol. The molecule has 276 valence electrons. The number of nitrogens with two attached hydrogens (primary N) is 2. The lowest BCUT2D eigenvalue weighted by Gasteiger charge is -2.56. The summed E-state index contributed by atoms with van der Waals surface area (Å²) in [6.45, 7) is 3.52. The highest BCUT2D eigenvalue weighted by molar-refractivity contribution is 8.00. The van der Waals surface area contributed by atoms with Gasteiger partial charge in [0, 0.05) is 61.0 Å². The van der Waals surface area contributed by atoms with Crippen LogP contribution in [0.15, 0.2) is 121 Å². The van der Waals surface area contributed by atoms with Gasteiger partial charge in [-0.25, -0.2) is 0 Å². The zero-order valence-corrected chi connectivity index (χ0v) is 32.8. The third-order valence-electron chi connectivity index (χ3n) is 12.5. The minimum absolute atomic E-state index is 0.00720. The highest BCUT2D eigenvalue weighted by Crippen LogP contribution is 2.60. The van der Waals surface area contributed by atoms with Gasteiger partial charge in [0.2, 0.25) is 0 Å². The van der Waals surface area contributed by atoms with Crippen molar-refractivity contribution in [2.24, 2.45) is 11.5 Å². The third-order valence-corrected chi connectivity index (χ3v) is 16.3. The fourth-order valence-electron chi connectivity index (χ4n) is 10.2. The zero-order valence-electron chi connectivity index (χ0n) is 31.2. The Morgan fingerprint density at radius 3 is 1.17 bits per heavy atom. The lowest BCUT2D eigenvalue weighted by molar-refractivity contribution is -0.0331. The van der Waals surface area contributed by atoms with E-state index < -0.39 is 0 Å². The standard InChI is InChI=1S/C23H30N2S.C22H28N2OS/c1-25-17-21(24)18-26-23(19-11-5-2-6-12-19,20-13-7-3-8-14-20)22(25)15-9-4-10-16-22;1-24-16-20(23)17-26-22(18-8-4-2-5-9-18,19-10-6-3-7-11-19)21(24)12-14-25-15-13-21/h2-3,5-8,11-14,21H,4,9-10,15-18,24H2,1H3;2-11,20H,12-17,23H2,1H3/t21-;20-/m11/s1. The van der Waals surface area contributed by atoms with Crippen LogP contribution in [0.1, 0.15) is 67.2 Å². The van der Waals surface area contributed by atoms with Gasteiger partial charge in [-0.15, -0.1) is 23.5 Å². The fraction of sp³-hybridized carbons (Fsp3) is 0.467. The molecular weight excluding hydrogens is 677 g/mol. The van der Waals surface area contributed by atoms with Crippen molar-refractivity contribution in [3.63, 3.8) is 0 Å². The lowest BCUT2D eigenvalue weighted by Crippen LogP contribution is -2.62. The van der Waals surface area contributed by atoms with Crippen molar-refractivity contribution >= 4 is 23.5 Å². The molecule has 0 aromatic heterocycles. The Kier molecular flexibility index (Phi) is 11.9. The summed E-state index contributed by atoms with van der Waals surface area (Å²) in [6.07, 6.45) is 8.50. The maximum Gasteiger partial charge on any atom is 0.0842 e. The van der Waals surface area contributed by atoms with E-state index in [9.17, 15) is 0 Å². The van der Waals surface area contributed by atoms with Crippen LogP contribution < -0.4 is 11.5 Å². The molecule has 0 unspecified atom stereocenters. The molecule has 1 saturated carbocycles. The van der Waals surface area contributed by atoms with Crippen LogP contribution in [-0.2, 0) is 14.2 Å². The van der Waals surface area contributed by atoms with Crippen LogP contribution >= 0.6 is 23.5 Å². The molecule has 4 aliphatic rings. The topological polar surface area (TPSA) is 67.8 Å². The molecule has 7 heteroatoms. The van der Waals surface area contributed by atoms with Crippen LogP contribution in [0.4, 0.5) is 0 Å². The first-order valence-electron chi connectivity index (χ1n) is 19.4. The van der Waals surface area contributed by atoms with Gasteiger partial charge >= 0.3 is 0 Å². The van der Waals surface area contributed by atoms with E-state index in [2.05, 4.69) is 157 Å². The molecule has 2 spiro atoms. The molecular formula is C45H58N4OS2. The van der Waals surface area contributed by atoms with Crippen molar-refractivity contribution in [2.75, 3.05) is 51.9 Å². The summed E-state index contributed by atoms with van der Waals surface area (Å²) in [4.78, 5) is 5.16. The first-order chi connectivity index (χ1) is 25.4. The number of rotatable bonds is 4. The molecule has 3 aliphatic heterocycles. The number of ether oxygens (including phenoxy) is 1. The van der Waals surface area contributed by atoms with Gasteiger partial charge in [0.1, 0.15) is 0 Å². The molecule has 8 rings (SSSR count). The number of hydrogen-bond acceptors (Lipinski definition) is 7. The number of hydrogen-bond donors (Lipinski definition) is 2. The van der Waals surface area contributed by atoms with E-state index in [1.807, 2.05) is 11.8 Å². The van der Waals surface area contributed by atoms with Gasteiger partial charge in [-0.3, -0.25) is 9.80 Å². The second kappa shape index (κ2) is 16.4. The van der Waals surface area contributed by atoms with Crippen molar-refractivity contribution in [2.45, 2.75) is 77.6 Å². The summed E-state index contributed by atoms with van der Waals surface area (Å²) in [5.41, 5.74) is 18.7. The summed E-state index contributed by atoms with van der Waals surface area (Å²) in [7, 11) is 4.58.